The second-order valence-electron chi connectivity index (χ2n) is 6.17. The van der Waals surface area contributed by atoms with Gasteiger partial charge in [0.1, 0.15) is 5.75 Å². The fourth-order valence-corrected chi connectivity index (χ4v) is 3.34. The predicted molar refractivity (Wildman–Crippen MR) is 81.9 cm³/mol. The second-order valence-corrected chi connectivity index (χ2v) is 6.17. The largest absolute Gasteiger partial charge is 0.494 e. The van der Waals surface area contributed by atoms with Gasteiger partial charge in [-0.2, -0.15) is 0 Å². The SMILES string of the molecule is CCOc1ccc(NC2CC(C)CC(C)C2)c(C)c1. The average Bonchev–Trinajstić information content (AvgIpc) is 2.32. The van der Waals surface area contributed by atoms with Crippen molar-refractivity contribution in [2.75, 3.05) is 11.9 Å². The van der Waals surface area contributed by atoms with E-state index in [0.717, 1.165) is 24.2 Å². The van der Waals surface area contributed by atoms with Gasteiger partial charge in [0, 0.05) is 11.7 Å². The number of anilines is 1. The minimum Gasteiger partial charge on any atom is -0.494 e. The maximum Gasteiger partial charge on any atom is 0.119 e. The molecule has 0 bridgehead atoms. The molecule has 1 aliphatic carbocycles. The maximum absolute atomic E-state index is 5.54. The van der Waals surface area contributed by atoms with E-state index in [-0.39, 0.29) is 0 Å². The van der Waals surface area contributed by atoms with E-state index in [0.29, 0.717) is 6.04 Å². The Morgan fingerprint density at radius 2 is 1.84 bits per heavy atom. The summed E-state index contributed by atoms with van der Waals surface area (Å²) in [5.74, 6) is 2.64. The maximum atomic E-state index is 5.54. The summed E-state index contributed by atoms with van der Waals surface area (Å²) < 4.78 is 5.54. The van der Waals surface area contributed by atoms with Crippen molar-refractivity contribution in [3.63, 3.8) is 0 Å². The Balaban J connectivity index is 2.02. The van der Waals surface area contributed by atoms with Gasteiger partial charge in [-0.05, 0) is 68.7 Å². The molecule has 1 aromatic carbocycles. The molecule has 1 aliphatic rings. The van der Waals surface area contributed by atoms with Crippen molar-refractivity contribution in [2.45, 2.75) is 53.0 Å². The Morgan fingerprint density at radius 1 is 1.16 bits per heavy atom. The molecule has 0 amide bonds. The summed E-state index contributed by atoms with van der Waals surface area (Å²) in [5.41, 5.74) is 2.53. The molecule has 1 aromatic rings. The first-order valence-electron chi connectivity index (χ1n) is 7.58. The minimum atomic E-state index is 0.621. The first-order valence-corrected chi connectivity index (χ1v) is 7.58. The van der Waals surface area contributed by atoms with E-state index < -0.39 is 0 Å². The zero-order chi connectivity index (χ0) is 13.8. The second kappa shape index (κ2) is 6.31. The molecule has 0 radical (unpaired) electrons. The molecule has 106 valence electrons. The summed E-state index contributed by atoms with van der Waals surface area (Å²) in [4.78, 5) is 0. The monoisotopic (exact) mass is 261 g/mol. The van der Waals surface area contributed by atoms with E-state index in [2.05, 4.69) is 44.3 Å². The van der Waals surface area contributed by atoms with Gasteiger partial charge in [-0.1, -0.05) is 13.8 Å². The number of aryl methyl sites for hydroxylation is 1. The van der Waals surface area contributed by atoms with Gasteiger partial charge < -0.3 is 10.1 Å². The third kappa shape index (κ3) is 3.89. The van der Waals surface area contributed by atoms with Crippen LogP contribution in [0.25, 0.3) is 0 Å². The molecule has 2 atom stereocenters. The van der Waals surface area contributed by atoms with Gasteiger partial charge in [-0.15, -0.1) is 0 Å². The van der Waals surface area contributed by atoms with Gasteiger partial charge in [-0.3, -0.25) is 0 Å². The first-order chi connectivity index (χ1) is 9.08. The molecule has 1 saturated carbocycles. The van der Waals surface area contributed by atoms with E-state index in [4.69, 9.17) is 4.74 Å². The number of hydrogen-bond donors (Lipinski definition) is 1. The number of nitrogens with one attached hydrogen (secondary N) is 1. The summed E-state index contributed by atoms with van der Waals surface area (Å²) in [6, 6.07) is 6.97. The standard InChI is InChI=1S/C17H27NO/c1-5-19-16-6-7-17(14(4)11-16)18-15-9-12(2)8-13(3)10-15/h6-7,11-13,15,18H,5,8-10H2,1-4H3. The van der Waals surface area contributed by atoms with Crippen LogP contribution < -0.4 is 10.1 Å². The number of ether oxygens (including phenoxy) is 1. The summed E-state index contributed by atoms with van der Waals surface area (Å²) in [6.45, 7) is 9.64. The fourth-order valence-electron chi connectivity index (χ4n) is 3.34. The molecule has 1 N–H and O–H groups in total. The predicted octanol–water partition coefficient (Wildman–Crippen LogP) is 4.63. The molecule has 2 rings (SSSR count). The Bertz CT molecular complexity index is 406. The summed E-state index contributed by atoms with van der Waals surface area (Å²) in [5, 5.41) is 3.72. The van der Waals surface area contributed by atoms with E-state index in [1.807, 2.05) is 6.92 Å². The highest BCUT2D eigenvalue weighted by atomic mass is 16.5. The van der Waals surface area contributed by atoms with E-state index in [9.17, 15) is 0 Å². The van der Waals surface area contributed by atoms with Crippen molar-refractivity contribution >= 4 is 5.69 Å². The highest BCUT2D eigenvalue weighted by Gasteiger charge is 2.23. The number of benzene rings is 1. The van der Waals surface area contributed by atoms with Crippen LogP contribution in [0.2, 0.25) is 0 Å². The summed E-state index contributed by atoms with van der Waals surface area (Å²) >= 11 is 0. The molecule has 1 fully saturated rings. The van der Waals surface area contributed by atoms with Crippen molar-refractivity contribution in [1.29, 1.82) is 0 Å². The third-order valence-electron chi connectivity index (χ3n) is 4.05. The first kappa shape index (κ1) is 14.2. The zero-order valence-corrected chi connectivity index (χ0v) is 12.7. The van der Waals surface area contributed by atoms with Gasteiger partial charge in [0.05, 0.1) is 6.61 Å². The topological polar surface area (TPSA) is 21.3 Å². The van der Waals surface area contributed by atoms with Gasteiger partial charge in [-0.25, -0.2) is 0 Å². The molecular formula is C17H27NO. The molecule has 2 nitrogen and oxygen atoms in total. The molecule has 0 heterocycles. The van der Waals surface area contributed by atoms with Crippen LogP contribution in [-0.4, -0.2) is 12.6 Å². The Hall–Kier alpha value is -1.18. The zero-order valence-electron chi connectivity index (χ0n) is 12.7. The van der Waals surface area contributed by atoms with E-state index >= 15 is 0 Å². The quantitative estimate of drug-likeness (QED) is 0.853. The van der Waals surface area contributed by atoms with Crippen LogP contribution in [0.5, 0.6) is 5.75 Å². The Labute approximate surface area is 117 Å². The van der Waals surface area contributed by atoms with Crippen LogP contribution in [0.15, 0.2) is 18.2 Å². The van der Waals surface area contributed by atoms with Gasteiger partial charge in [0.25, 0.3) is 0 Å². The molecule has 19 heavy (non-hydrogen) atoms. The summed E-state index contributed by atoms with van der Waals surface area (Å²) in [7, 11) is 0. The number of rotatable bonds is 4. The van der Waals surface area contributed by atoms with Crippen LogP contribution in [0.1, 0.15) is 45.6 Å². The molecule has 0 aliphatic heterocycles. The van der Waals surface area contributed by atoms with Crippen LogP contribution >= 0.6 is 0 Å². The minimum absolute atomic E-state index is 0.621. The van der Waals surface area contributed by atoms with Crippen LogP contribution in [0, 0.1) is 18.8 Å². The van der Waals surface area contributed by atoms with E-state index in [1.165, 1.54) is 30.5 Å². The Kier molecular flexibility index (Phi) is 4.73. The lowest BCUT2D eigenvalue weighted by molar-refractivity contribution is 0.280. The molecule has 2 unspecified atom stereocenters. The van der Waals surface area contributed by atoms with Crippen molar-refractivity contribution in [1.82, 2.24) is 0 Å². The van der Waals surface area contributed by atoms with Crippen molar-refractivity contribution in [3.8, 4) is 5.75 Å². The highest BCUT2D eigenvalue weighted by Crippen LogP contribution is 2.31. The van der Waals surface area contributed by atoms with Crippen molar-refractivity contribution < 1.29 is 4.74 Å². The molecule has 0 saturated heterocycles. The van der Waals surface area contributed by atoms with Crippen LogP contribution in [0.3, 0.4) is 0 Å². The van der Waals surface area contributed by atoms with Crippen molar-refractivity contribution in [2.24, 2.45) is 11.8 Å². The van der Waals surface area contributed by atoms with Crippen LogP contribution in [-0.2, 0) is 0 Å². The third-order valence-corrected chi connectivity index (χ3v) is 4.05. The van der Waals surface area contributed by atoms with E-state index in [1.54, 1.807) is 0 Å². The molecule has 2 heteroatoms. The Morgan fingerprint density at radius 3 is 2.42 bits per heavy atom. The average molecular weight is 261 g/mol. The fraction of sp³-hybridized carbons (Fsp3) is 0.647. The van der Waals surface area contributed by atoms with Gasteiger partial charge >= 0.3 is 0 Å². The smallest absolute Gasteiger partial charge is 0.119 e. The van der Waals surface area contributed by atoms with Gasteiger partial charge in [0.15, 0.2) is 0 Å². The molecular weight excluding hydrogens is 234 g/mol. The number of hydrogen-bond acceptors (Lipinski definition) is 2. The molecule has 0 aromatic heterocycles. The lowest BCUT2D eigenvalue weighted by Gasteiger charge is -2.33. The van der Waals surface area contributed by atoms with Crippen molar-refractivity contribution in [3.05, 3.63) is 23.8 Å². The van der Waals surface area contributed by atoms with Gasteiger partial charge in [0.2, 0.25) is 0 Å². The lowest BCUT2D eigenvalue weighted by Crippen LogP contribution is -2.30. The molecule has 0 spiro atoms. The summed E-state index contributed by atoms with van der Waals surface area (Å²) in [6.07, 6.45) is 3.95. The van der Waals surface area contributed by atoms with Crippen LogP contribution in [0.4, 0.5) is 5.69 Å². The lowest BCUT2D eigenvalue weighted by atomic mass is 9.80. The normalized spacial score (nSPS) is 27.1. The highest BCUT2D eigenvalue weighted by molar-refractivity contribution is 5.54.